The number of carbonyl (C=O) groups excluding carboxylic acids is 1. The Bertz CT molecular complexity index is 667. The van der Waals surface area contributed by atoms with Crippen molar-refractivity contribution in [3.05, 3.63) is 29.8 Å². The molecule has 0 bridgehead atoms. The highest BCUT2D eigenvalue weighted by molar-refractivity contribution is 5.85. The third-order valence-electron chi connectivity index (χ3n) is 5.52. The van der Waals surface area contributed by atoms with Crippen molar-refractivity contribution in [1.82, 2.24) is 10.2 Å². The molecule has 0 radical (unpaired) electrons. The molecular weight excluding hydrogens is 320 g/mol. The molecule has 134 valence electrons. The highest BCUT2D eigenvalue weighted by atomic mass is 16.5. The third-order valence-corrected chi connectivity index (χ3v) is 5.52. The molecule has 25 heavy (non-hydrogen) atoms. The van der Waals surface area contributed by atoms with Crippen molar-refractivity contribution < 1.29 is 19.4 Å². The van der Waals surface area contributed by atoms with Crippen LogP contribution < -0.4 is 10.1 Å². The summed E-state index contributed by atoms with van der Waals surface area (Å²) in [6.07, 6.45) is 4.09. The fourth-order valence-corrected chi connectivity index (χ4v) is 3.83. The van der Waals surface area contributed by atoms with Crippen LogP contribution in [0.15, 0.2) is 24.3 Å². The summed E-state index contributed by atoms with van der Waals surface area (Å²) >= 11 is 0. The van der Waals surface area contributed by atoms with E-state index in [-0.39, 0.29) is 30.5 Å². The van der Waals surface area contributed by atoms with Gasteiger partial charge in [0, 0.05) is 24.2 Å². The van der Waals surface area contributed by atoms with Gasteiger partial charge in [0.15, 0.2) is 0 Å². The van der Waals surface area contributed by atoms with E-state index < -0.39 is 5.97 Å². The number of fused-ring (bicyclic) bond motifs is 1. The molecule has 2 aliphatic carbocycles. The Morgan fingerprint density at radius 2 is 2.00 bits per heavy atom. The van der Waals surface area contributed by atoms with Gasteiger partial charge in [0.2, 0.25) is 5.91 Å². The predicted octanol–water partition coefficient (Wildman–Crippen LogP) is 1.61. The van der Waals surface area contributed by atoms with Gasteiger partial charge in [0.1, 0.15) is 18.3 Å². The Labute approximate surface area is 147 Å². The molecule has 1 aromatic rings. The summed E-state index contributed by atoms with van der Waals surface area (Å²) in [6, 6.07) is 8.08. The molecule has 0 unspecified atom stereocenters. The molecule has 6 heteroatoms. The maximum Gasteiger partial charge on any atom is 0.317 e. The van der Waals surface area contributed by atoms with Crippen LogP contribution in [0.25, 0.3) is 0 Å². The highest BCUT2D eigenvalue weighted by Crippen LogP contribution is 2.36. The van der Waals surface area contributed by atoms with Gasteiger partial charge in [-0.2, -0.15) is 0 Å². The average Bonchev–Trinajstić information content (AvgIpc) is 3.24. The smallest absolute Gasteiger partial charge is 0.317 e. The zero-order chi connectivity index (χ0) is 17.4. The SMILES string of the molecule is O=C(O)CN(CC1CC1)C1CC(NC(=O)[C@H]2COc3ccccc32)C1. The van der Waals surface area contributed by atoms with Crippen LogP contribution in [0.3, 0.4) is 0 Å². The summed E-state index contributed by atoms with van der Waals surface area (Å²) < 4.78 is 5.58. The lowest BCUT2D eigenvalue weighted by Gasteiger charge is -2.43. The van der Waals surface area contributed by atoms with Crippen LogP contribution in [0.1, 0.15) is 37.2 Å². The van der Waals surface area contributed by atoms with Crippen LogP contribution in [-0.2, 0) is 9.59 Å². The van der Waals surface area contributed by atoms with E-state index in [0.29, 0.717) is 12.5 Å². The monoisotopic (exact) mass is 344 g/mol. The maximum absolute atomic E-state index is 12.6. The first-order valence-electron chi connectivity index (χ1n) is 9.08. The molecule has 4 rings (SSSR count). The van der Waals surface area contributed by atoms with Gasteiger partial charge in [-0.15, -0.1) is 0 Å². The van der Waals surface area contributed by atoms with E-state index in [1.54, 1.807) is 0 Å². The first-order valence-corrected chi connectivity index (χ1v) is 9.08. The molecule has 2 saturated carbocycles. The normalized spacial score (nSPS) is 27.3. The Morgan fingerprint density at radius 1 is 1.24 bits per heavy atom. The number of hydrogen-bond donors (Lipinski definition) is 2. The number of ether oxygens (including phenoxy) is 1. The second-order valence-electron chi connectivity index (χ2n) is 7.50. The van der Waals surface area contributed by atoms with Crippen LogP contribution in [0.4, 0.5) is 0 Å². The van der Waals surface area contributed by atoms with E-state index in [1.165, 1.54) is 12.8 Å². The molecule has 1 aromatic carbocycles. The number of carboxylic acid groups (broad SMARTS) is 1. The minimum Gasteiger partial charge on any atom is -0.492 e. The van der Waals surface area contributed by atoms with Crippen molar-refractivity contribution in [2.24, 2.45) is 5.92 Å². The number of carbonyl (C=O) groups is 2. The second kappa shape index (κ2) is 6.67. The summed E-state index contributed by atoms with van der Waals surface area (Å²) in [5.74, 6) is 0.469. The highest BCUT2D eigenvalue weighted by Gasteiger charge is 2.39. The van der Waals surface area contributed by atoms with E-state index >= 15 is 0 Å². The fourth-order valence-electron chi connectivity index (χ4n) is 3.83. The molecule has 1 amide bonds. The van der Waals surface area contributed by atoms with Gasteiger partial charge in [0.25, 0.3) is 0 Å². The van der Waals surface area contributed by atoms with Crippen LogP contribution in [0.2, 0.25) is 0 Å². The van der Waals surface area contributed by atoms with Crippen LogP contribution in [0.5, 0.6) is 5.75 Å². The minimum atomic E-state index is -0.771. The van der Waals surface area contributed by atoms with Gasteiger partial charge < -0.3 is 15.2 Å². The lowest BCUT2D eigenvalue weighted by atomic mass is 9.84. The number of nitrogens with zero attached hydrogens (tertiary/aromatic N) is 1. The van der Waals surface area contributed by atoms with Gasteiger partial charge >= 0.3 is 5.97 Å². The third kappa shape index (κ3) is 3.63. The molecule has 1 heterocycles. The Kier molecular flexibility index (Phi) is 4.37. The molecule has 1 atom stereocenters. The van der Waals surface area contributed by atoms with Crippen molar-refractivity contribution in [2.45, 2.75) is 43.7 Å². The summed E-state index contributed by atoms with van der Waals surface area (Å²) in [7, 11) is 0. The van der Waals surface area contributed by atoms with Gasteiger partial charge in [0.05, 0.1) is 6.54 Å². The summed E-state index contributed by atoms with van der Waals surface area (Å²) in [4.78, 5) is 25.7. The quantitative estimate of drug-likeness (QED) is 0.786. The second-order valence-corrected chi connectivity index (χ2v) is 7.50. The van der Waals surface area contributed by atoms with Crippen molar-refractivity contribution >= 4 is 11.9 Å². The molecule has 2 fully saturated rings. The molecule has 3 aliphatic rings. The summed E-state index contributed by atoms with van der Waals surface area (Å²) in [5, 5.41) is 12.2. The number of benzene rings is 1. The van der Waals surface area contributed by atoms with Crippen molar-refractivity contribution in [1.29, 1.82) is 0 Å². The number of carboxylic acids is 1. The van der Waals surface area contributed by atoms with E-state index in [1.807, 2.05) is 24.3 Å². The number of amides is 1. The lowest BCUT2D eigenvalue weighted by molar-refractivity contribution is -0.140. The van der Waals surface area contributed by atoms with E-state index in [2.05, 4.69) is 10.2 Å². The van der Waals surface area contributed by atoms with Crippen LogP contribution in [0, 0.1) is 5.92 Å². The maximum atomic E-state index is 12.6. The van der Waals surface area contributed by atoms with E-state index in [9.17, 15) is 9.59 Å². The zero-order valence-electron chi connectivity index (χ0n) is 14.2. The number of nitrogens with one attached hydrogen (secondary N) is 1. The topological polar surface area (TPSA) is 78.9 Å². The number of rotatable bonds is 7. The molecule has 6 nitrogen and oxygen atoms in total. The van der Waals surface area contributed by atoms with Crippen molar-refractivity contribution in [3.63, 3.8) is 0 Å². The van der Waals surface area contributed by atoms with Gasteiger partial charge in [-0.05, 0) is 37.7 Å². The summed E-state index contributed by atoms with van der Waals surface area (Å²) in [6.45, 7) is 1.38. The van der Waals surface area contributed by atoms with Gasteiger partial charge in [-0.3, -0.25) is 14.5 Å². The molecule has 2 N–H and O–H groups in total. The van der Waals surface area contributed by atoms with E-state index in [0.717, 1.165) is 30.7 Å². The molecular formula is C19H24N2O4. The Morgan fingerprint density at radius 3 is 2.72 bits per heavy atom. The molecule has 0 spiro atoms. The average molecular weight is 344 g/mol. The first-order chi connectivity index (χ1) is 12.1. The standard InChI is InChI=1S/C19H24N2O4/c22-18(23)10-21(9-12-5-6-12)14-7-13(8-14)20-19(24)16-11-25-17-4-2-1-3-15(16)17/h1-4,12-14,16H,5-11H2,(H,20,24)(H,22,23)/t13?,14?,16-/m0/s1. The lowest BCUT2D eigenvalue weighted by Crippen LogP contribution is -2.56. The zero-order valence-corrected chi connectivity index (χ0v) is 14.2. The van der Waals surface area contributed by atoms with Crippen molar-refractivity contribution in [2.75, 3.05) is 19.7 Å². The number of hydrogen-bond acceptors (Lipinski definition) is 4. The van der Waals surface area contributed by atoms with E-state index in [4.69, 9.17) is 9.84 Å². The minimum absolute atomic E-state index is 0.0142. The molecule has 1 aliphatic heterocycles. The van der Waals surface area contributed by atoms with Gasteiger partial charge in [-0.25, -0.2) is 0 Å². The van der Waals surface area contributed by atoms with Gasteiger partial charge in [-0.1, -0.05) is 18.2 Å². The van der Waals surface area contributed by atoms with Crippen molar-refractivity contribution in [3.8, 4) is 5.75 Å². The van der Waals surface area contributed by atoms with Crippen LogP contribution in [-0.4, -0.2) is 53.7 Å². The Balaban J connectivity index is 1.29. The molecule has 0 aromatic heterocycles. The number of aliphatic carboxylic acids is 1. The predicted molar refractivity (Wildman–Crippen MR) is 91.6 cm³/mol. The first kappa shape index (κ1) is 16.4. The summed E-state index contributed by atoms with van der Waals surface area (Å²) in [5.41, 5.74) is 0.956. The van der Waals surface area contributed by atoms with Crippen LogP contribution >= 0.6 is 0 Å². The fraction of sp³-hybridized carbons (Fsp3) is 0.579. The number of para-hydroxylation sites is 1. The largest absolute Gasteiger partial charge is 0.492 e. The molecule has 0 saturated heterocycles. The Hall–Kier alpha value is -2.08.